The summed E-state index contributed by atoms with van der Waals surface area (Å²) in [4.78, 5) is 13.2. The second kappa shape index (κ2) is 7.61. The van der Waals surface area contributed by atoms with Gasteiger partial charge in [-0.15, -0.1) is 11.3 Å². The zero-order valence-electron chi connectivity index (χ0n) is 12.2. The molecule has 0 spiro atoms. The van der Waals surface area contributed by atoms with Gasteiger partial charge in [0.1, 0.15) is 0 Å². The molecule has 2 N–H and O–H groups in total. The van der Waals surface area contributed by atoms with Gasteiger partial charge in [-0.05, 0) is 53.5 Å². The van der Waals surface area contributed by atoms with Gasteiger partial charge in [-0.25, -0.2) is 0 Å². The van der Waals surface area contributed by atoms with Crippen LogP contribution in [-0.2, 0) is 0 Å². The van der Waals surface area contributed by atoms with E-state index in [2.05, 4.69) is 44.9 Å². The summed E-state index contributed by atoms with van der Waals surface area (Å²) in [7, 11) is 0. The van der Waals surface area contributed by atoms with Crippen LogP contribution in [0.4, 0.5) is 5.69 Å². The lowest BCUT2D eigenvalue weighted by atomic mass is 10.1. The molecule has 0 bridgehead atoms. The summed E-state index contributed by atoms with van der Waals surface area (Å²) >= 11 is 5.18. The van der Waals surface area contributed by atoms with Crippen molar-refractivity contribution in [1.82, 2.24) is 5.32 Å². The largest absolute Gasteiger partial charge is 0.378 e. The van der Waals surface area contributed by atoms with E-state index >= 15 is 0 Å². The molecule has 0 aliphatic heterocycles. The number of hydrogen-bond acceptors (Lipinski definition) is 3. The van der Waals surface area contributed by atoms with E-state index in [1.54, 1.807) is 11.3 Å². The third-order valence-electron chi connectivity index (χ3n) is 3.06. The first-order valence-corrected chi connectivity index (χ1v) is 8.66. The van der Waals surface area contributed by atoms with Crippen LogP contribution in [0.1, 0.15) is 41.5 Å². The van der Waals surface area contributed by atoms with Crippen molar-refractivity contribution in [3.63, 3.8) is 0 Å². The van der Waals surface area contributed by atoms with E-state index in [1.807, 2.05) is 31.2 Å². The molecular formula is C16H19BrN2OS. The molecule has 0 fully saturated rings. The highest BCUT2D eigenvalue weighted by Crippen LogP contribution is 2.28. The van der Waals surface area contributed by atoms with Gasteiger partial charge < -0.3 is 10.6 Å². The second-order valence-electron chi connectivity index (χ2n) is 4.87. The van der Waals surface area contributed by atoms with Crippen LogP contribution >= 0.6 is 27.3 Å². The Morgan fingerprint density at radius 3 is 2.86 bits per heavy atom. The number of rotatable bonds is 6. The average Bonchev–Trinajstić information content (AvgIpc) is 2.91. The lowest BCUT2D eigenvalue weighted by Crippen LogP contribution is -2.24. The Bertz CT molecular complexity index is 612. The lowest BCUT2D eigenvalue weighted by Gasteiger charge is -2.14. The smallest absolute Gasteiger partial charge is 0.251 e. The van der Waals surface area contributed by atoms with Crippen LogP contribution < -0.4 is 10.6 Å². The lowest BCUT2D eigenvalue weighted by molar-refractivity contribution is 0.0953. The molecule has 0 saturated carbocycles. The van der Waals surface area contributed by atoms with E-state index in [0.717, 1.165) is 16.6 Å². The van der Waals surface area contributed by atoms with Gasteiger partial charge in [-0.1, -0.05) is 13.0 Å². The minimum atomic E-state index is -0.0213. The van der Waals surface area contributed by atoms with Gasteiger partial charge in [0.25, 0.3) is 5.91 Å². The first kappa shape index (κ1) is 16.0. The molecule has 2 aromatic rings. The SMILES string of the molecule is CCCNC(=O)c1cccc(NC(C)c2cc(Br)cs2)c1. The molecule has 0 radical (unpaired) electrons. The molecule has 112 valence electrons. The van der Waals surface area contributed by atoms with E-state index in [1.165, 1.54) is 4.88 Å². The zero-order chi connectivity index (χ0) is 15.2. The quantitative estimate of drug-likeness (QED) is 0.768. The number of thiophene rings is 1. The maximum atomic E-state index is 12.0. The summed E-state index contributed by atoms with van der Waals surface area (Å²) in [5.74, 6) is -0.0213. The number of carbonyl (C=O) groups is 1. The molecule has 1 amide bonds. The average molecular weight is 367 g/mol. The van der Waals surface area contributed by atoms with Crippen molar-refractivity contribution in [3.05, 3.63) is 50.6 Å². The number of nitrogens with one attached hydrogen (secondary N) is 2. The predicted molar refractivity (Wildman–Crippen MR) is 93.1 cm³/mol. The molecule has 1 atom stereocenters. The van der Waals surface area contributed by atoms with Gasteiger partial charge in [0.15, 0.2) is 0 Å². The second-order valence-corrected chi connectivity index (χ2v) is 6.73. The molecule has 0 aliphatic carbocycles. The zero-order valence-corrected chi connectivity index (χ0v) is 14.6. The summed E-state index contributed by atoms with van der Waals surface area (Å²) in [5, 5.41) is 8.40. The van der Waals surface area contributed by atoms with Crippen LogP contribution in [-0.4, -0.2) is 12.5 Å². The first-order chi connectivity index (χ1) is 10.1. The maximum absolute atomic E-state index is 12.0. The van der Waals surface area contributed by atoms with Crippen LogP contribution in [0.15, 0.2) is 40.2 Å². The van der Waals surface area contributed by atoms with Crippen molar-refractivity contribution in [2.45, 2.75) is 26.3 Å². The fraction of sp³-hybridized carbons (Fsp3) is 0.312. The molecule has 0 saturated heterocycles. The number of amides is 1. The minimum absolute atomic E-state index is 0.0213. The number of halogens is 1. The Kier molecular flexibility index (Phi) is 5.82. The number of benzene rings is 1. The van der Waals surface area contributed by atoms with Crippen LogP contribution in [0, 0.1) is 0 Å². The molecule has 1 aromatic heterocycles. The van der Waals surface area contributed by atoms with Gasteiger partial charge in [-0.2, -0.15) is 0 Å². The maximum Gasteiger partial charge on any atom is 0.251 e. The van der Waals surface area contributed by atoms with Crippen molar-refractivity contribution in [2.24, 2.45) is 0 Å². The molecule has 21 heavy (non-hydrogen) atoms. The third-order valence-corrected chi connectivity index (χ3v) is 4.93. The van der Waals surface area contributed by atoms with Crippen LogP contribution in [0.5, 0.6) is 0 Å². The third kappa shape index (κ3) is 4.58. The van der Waals surface area contributed by atoms with Crippen molar-refractivity contribution in [1.29, 1.82) is 0 Å². The molecule has 2 rings (SSSR count). The minimum Gasteiger partial charge on any atom is -0.378 e. The molecule has 1 heterocycles. The van der Waals surface area contributed by atoms with Gasteiger partial charge in [0.2, 0.25) is 0 Å². The van der Waals surface area contributed by atoms with Crippen molar-refractivity contribution in [3.8, 4) is 0 Å². The monoisotopic (exact) mass is 366 g/mol. The van der Waals surface area contributed by atoms with Gasteiger partial charge >= 0.3 is 0 Å². The van der Waals surface area contributed by atoms with Crippen molar-refractivity contribution < 1.29 is 4.79 Å². The Labute approximate surface area is 137 Å². The Morgan fingerprint density at radius 2 is 2.19 bits per heavy atom. The summed E-state index contributed by atoms with van der Waals surface area (Å²) in [6.07, 6.45) is 0.938. The highest BCUT2D eigenvalue weighted by molar-refractivity contribution is 9.10. The highest BCUT2D eigenvalue weighted by atomic mass is 79.9. The van der Waals surface area contributed by atoms with E-state index in [9.17, 15) is 4.79 Å². The number of hydrogen-bond donors (Lipinski definition) is 2. The van der Waals surface area contributed by atoms with Crippen LogP contribution in [0.2, 0.25) is 0 Å². The molecule has 3 nitrogen and oxygen atoms in total. The number of anilines is 1. The van der Waals surface area contributed by atoms with E-state index in [0.29, 0.717) is 12.1 Å². The predicted octanol–water partition coefficient (Wildman–Crippen LogP) is 4.82. The normalized spacial score (nSPS) is 12.0. The molecular weight excluding hydrogens is 348 g/mol. The van der Waals surface area contributed by atoms with Crippen molar-refractivity contribution >= 4 is 38.9 Å². The fourth-order valence-electron chi connectivity index (χ4n) is 1.97. The van der Waals surface area contributed by atoms with Crippen LogP contribution in [0.3, 0.4) is 0 Å². The Balaban J connectivity index is 2.05. The van der Waals surface area contributed by atoms with E-state index in [-0.39, 0.29) is 11.9 Å². The Morgan fingerprint density at radius 1 is 1.38 bits per heavy atom. The Hall–Kier alpha value is -1.33. The topological polar surface area (TPSA) is 41.1 Å². The highest BCUT2D eigenvalue weighted by Gasteiger charge is 2.10. The molecule has 1 aromatic carbocycles. The summed E-state index contributed by atoms with van der Waals surface area (Å²) in [5.41, 5.74) is 1.64. The first-order valence-electron chi connectivity index (χ1n) is 6.99. The van der Waals surface area contributed by atoms with Gasteiger partial charge in [-0.3, -0.25) is 4.79 Å². The fourth-order valence-corrected chi connectivity index (χ4v) is 3.42. The van der Waals surface area contributed by atoms with E-state index in [4.69, 9.17) is 0 Å². The molecule has 0 aliphatic rings. The van der Waals surface area contributed by atoms with Crippen molar-refractivity contribution in [2.75, 3.05) is 11.9 Å². The summed E-state index contributed by atoms with van der Waals surface area (Å²) in [6, 6.07) is 9.93. The molecule has 5 heteroatoms. The van der Waals surface area contributed by atoms with Gasteiger partial charge in [0.05, 0.1) is 6.04 Å². The van der Waals surface area contributed by atoms with Crippen LogP contribution in [0.25, 0.3) is 0 Å². The number of carbonyl (C=O) groups excluding carboxylic acids is 1. The standard InChI is InChI=1S/C16H19BrN2OS/c1-3-7-18-16(20)12-5-4-6-14(8-12)19-11(2)15-9-13(17)10-21-15/h4-6,8-11,19H,3,7H2,1-2H3,(H,18,20). The summed E-state index contributed by atoms with van der Waals surface area (Å²) < 4.78 is 1.10. The molecule has 1 unspecified atom stereocenters. The summed E-state index contributed by atoms with van der Waals surface area (Å²) in [6.45, 7) is 4.86. The van der Waals surface area contributed by atoms with Gasteiger partial charge in [0, 0.05) is 32.5 Å². The van der Waals surface area contributed by atoms with E-state index < -0.39 is 0 Å².